The lowest BCUT2D eigenvalue weighted by Gasteiger charge is -2.24. The number of hydrogen-bond acceptors (Lipinski definition) is 6. The normalized spacial score (nSPS) is 18.2. The third-order valence-corrected chi connectivity index (χ3v) is 6.22. The number of halogens is 2. The third kappa shape index (κ3) is 5.52. The summed E-state index contributed by atoms with van der Waals surface area (Å²) in [5.41, 5.74) is 2.55. The Hall–Kier alpha value is -3.43. The molecule has 5 rings (SSSR count). The first-order valence-corrected chi connectivity index (χ1v) is 12.3. The highest BCUT2D eigenvalue weighted by Crippen LogP contribution is 2.45. The minimum absolute atomic E-state index is 0.0680. The summed E-state index contributed by atoms with van der Waals surface area (Å²) in [5.74, 6) is 1.49. The molecule has 36 heavy (non-hydrogen) atoms. The number of amides is 1. The van der Waals surface area contributed by atoms with Crippen LogP contribution in [0.5, 0.6) is 5.75 Å². The first kappa shape index (κ1) is 24.3. The number of carbonyl (C=O) groups excluding carboxylic acids is 1. The fourth-order valence-corrected chi connectivity index (χ4v) is 4.43. The molecule has 1 aliphatic carbocycles. The standard InChI is InChI=1S/C26H31F2N5O3/c1-26(2,3)36-25(34)32-10-9-17(13-32)30-23-6-4-5-19(31-23)20-12-29-24-11-21(35-15-22(27)28)18(14-33(20)24)16-7-8-16/h4-6,11-12,14,16-17,22H,7-10,13,15H2,1-3H3,(H,30,31). The molecule has 192 valence electrons. The number of anilines is 1. The van der Waals surface area contributed by atoms with E-state index in [9.17, 15) is 13.6 Å². The SMILES string of the molecule is CC(C)(C)OC(=O)N1CCC(Nc2cccc(-c3cnc4cc(OCC(F)F)c(C5CC5)cn34)n2)C1. The van der Waals surface area contributed by atoms with Gasteiger partial charge in [-0.1, -0.05) is 6.07 Å². The van der Waals surface area contributed by atoms with Crippen molar-refractivity contribution in [2.45, 2.75) is 64.0 Å². The Bertz CT molecular complexity index is 1250. The summed E-state index contributed by atoms with van der Waals surface area (Å²) in [6.45, 7) is 6.11. The minimum atomic E-state index is -2.53. The van der Waals surface area contributed by atoms with Gasteiger partial charge in [0.15, 0.2) is 0 Å². The van der Waals surface area contributed by atoms with Gasteiger partial charge >= 0.3 is 6.09 Å². The maximum atomic E-state index is 12.7. The van der Waals surface area contributed by atoms with Gasteiger partial charge in [0.05, 0.1) is 17.6 Å². The Kier molecular flexibility index (Phi) is 6.44. The van der Waals surface area contributed by atoms with Crippen molar-refractivity contribution in [1.29, 1.82) is 0 Å². The summed E-state index contributed by atoms with van der Waals surface area (Å²) in [6, 6.07) is 7.53. The van der Waals surface area contributed by atoms with Crippen LogP contribution in [0.2, 0.25) is 0 Å². The van der Waals surface area contributed by atoms with Gasteiger partial charge in [0, 0.05) is 37.0 Å². The van der Waals surface area contributed by atoms with E-state index >= 15 is 0 Å². The molecule has 3 aromatic rings. The maximum Gasteiger partial charge on any atom is 0.410 e. The number of fused-ring (bicyclic) bond motifs is 1. The number of rotatable bonds is 7. The predicted molar refractivity (Wildman–Crippen MR) is 132 cm³/mol. The largest absolute Gasteiger partial charge is 0.487 e. The Morgan fingerprint density at radius 2 is 2.06 bits per heavy atom. The van der Waals surface area contributed by atoms with Gasteiger partial charge in [-0.25, -0.2) is 23.5 Å². The zero-order valence-electron chi connectivity index (χ0n) is 20.7. The molecule has 8 nitrogen and oxygen atoms in total. The van der Waals surface area contributed by atoms with Crippen LogP contribution in [0.3, 0.4) is 0 Å². The highest BCUT2D eigenvalue weighted by atomic mass is 19.3. The van der Waals surface area contributed by atoms with Crippen LogP contribution >= 0.6 is 0 Å². The van der Waals surface area contributed by atoms with E-state index in [1.807, 2.05) is 49.6 Å². The van der Waals surface area contributed by atoms with Crippen molar-refractivity contribution in [3.05, 3.63) is 42.2 Å². The van der Waals surface area contributed by atoms with Crippen LogP contribution < -0.4 is 10.1 Å². The average molecular weight is 500 g/mol. The molecule has 0 radical (unpaired) electrons. The van der Waals surface area contributed by atoms with Crippen LogP contribution in [0.25, 0.3) is 17.0 Å². The molecule has 10 heteroatoms. The number of ether oxygens (including phenoxy) is 2. The van der Waals surface area contributed by atoms with Crippen molar-refractivity contribution in [3.63, 3.8) is 0 Å². The quantitative estimate of drug-likeness (QED) is 0.473. The van der Waals surface area contributed by atoms with Crippen molar-refractivity contribution in [3.8, 4) is 17.1 Å². The zero-order chi connectivity index (χ0) is 25.4. The topological polar surface area (TPSA) is 81.0 Å². The summed E-state index contributed by atoms with van der Waals surface area (Å²) < 4.78 is 38.3. The third-order valence-electron chi connectivity index (χ3n) is 6.22. The molecule has 1 amide bonds. The van der Waals surface area contributed by atoms with Gasteiger partial charge in [0.1, 0.15) is 29.4 Å². The summed E-state index contributed by atoms with van der Waals surface area (Å²) in [4.78, 5) is 23.4. The van der Waals surface area contributed by atoms with E-state index in [4.69, 9.17) is 14.5 Å². The lowest BCUT2D eigenvalue weighted by atomic mass is 10.1. The molecule has 3 aromatic heterocycles. The van der Waals surface area contributed by atoms with Crippen LogP contribution in [0, 0.1) is 0 Å². The first-order valence-electron chi connectivity index (χ1n) is 12.3. The number of aromatic nitrogens is 3. The Balaban J connectivity index is 1.33. The molecule has 1 saturated carbocycles. The van der Waals surface area contributed by atoms with Gasteiger partial charge in [0.2, 0.25) is 0 Å². The van der Waals surface area contributed by atoms with E-state index in [-0.39, 0.29) is 12.1 Å². The van der Waals surface area contributed by atoms with Gasteiger partial charge in [-0.3, -0.25) is 4.40 Å². The second-order valence-corrected chi connectivity index (χ2v) is 10.4. The molecule has 4 heterocycles. The molecule has 0 bridgehead atoms. The molecule has 0 aromatic carbocycles. The fourth-order valence-electron chi connectivity index (χ4n) is 4.43. The number of carbonyl (C=O) groups is 1. The smallest absolute Gasteiger partial charge is 0.410 e. The van der Waals surface area contributed by atoms with E-state index in [0.29, 0.717) is 36.2 Å². The lowest BCUT2D eigenvalue weighted by Crippen LogP contribution is -2.36. The lowest BCUT2D eigenvalue weighted by molar-refractivity contribution is 0.0293. The average Bonchev–Trinajstić information content (AvgIpc) is 3.40. The minimum Gasteiger partial charge on any atom is -0.487 e. The molecular formula is C26H31F2N5O3. The zero-order valence-corrected chi connectivity index (χ0v) is 20.7. The van der Waals surface area contributed by atoms with Crippen LogP contribution in [0.1, 0.15) is 51.5 Å². The van der Waals surface area contributed by atoms with Crippen molar-refractivity contribution in [2.75, 3.05) is 25.0 Å². The van der Waals surface area contributed by atoms with Crippen LogP contribution in [-0.4, -0.2) is 63.1 Å². The molecular weight excluding hydrogens is 468 g/mol. The molecule has 2 fully saturated rings. The van der Waals surface area contributed by atoms with Crippen molar-refractivity contribution in [2.24, 2.45) is 0 Å². The summed E-state index contributed by atoms with van der Waals surface area (Å²) in [7, 11) is 0. The Labute approximate surface area is 208 Å². The number of nitrogens with one attached hydrogen (secondary N) is 1. The number of hydrogen-bond donors (Lipinski definition) is 1. The molecule has 1 unspecified atom stereocenters. The van der Waals surface area contributed by atoms with Gasteiger partial charge in [-0.2, -0.15) is 0 Å². The van der Waals surface area contributed by atoms with Crippen LogP contribution in [0.15, 0.2) is 36.7 Å². The number of nitrogens with zero attached hydrogens (tertiary/aromatic N) is 4. The second-order valence-electron chi connectivity index (χ2n) is 10.4. The first-order chi connectivity index (χ1) is 17.2. The van der Waals surface area contributed by atoms with Gasteiger partial charge in [-0.05, 0) is 58.1 Å². The number of imidazole rings is 1. The van der Waals surface area contributed by atoms with Gasteiger partial charge in [0.25, 0.3) is 6.43 Å². The Morgan fingerprint density at radius 1 is 1.25 bits per heavy atom. The van der Waals surface area contributed by atoms with Gasteiger partial charge in [-0.15, -0.1) is 0 Å². The molecule has 0 spiro atoms. The fraction of sp³-hybridized carbons (Fsp3) is 0.500. The number of pyridine rings is 2. The predicted octanol–water partition coefficient (Wildman–Crippen LogP) is 5.34. The van der Waals surface area contributed by atoms with E-state index in [0.717, 1.165) is 36.2 Å². The van der Waals surface area contributed by atoms with Crippen molar-refractivity contribution in [1.82, 2.24) is 19.3 Å². The van der Waals surface area contributed by atoms with Crippen LogP contribution in [0.4, 0.5) is 19.4 Å². The van der Waals surface area contributed by atoms with Crippen molar-refractivity contribution < 1.29 is 23.0 Å². The van der Waals surface area contributed by atoms with Crippen molar-refractivity contribution >= 4 is 17.6 Å². The van der Waals surface area contributed by atoms with E-state index < -0.39 is 18.6 Å². The van der Waals surface area contributed by atoms with E-state index in [1.165, 1.54) is 0 Å². The monoisotopic (exact) mass is 499 g/mol. The Morgan fingerprint density at radius 3 is 2.78 bits per heavy atom. The van der Waals surface area contributed by atoms with Gasteiger partial charge < -0.3 is 19.7 Å². The highest BCUT2D eigenvalue weighted by Gasteiger charge is 2.30. The molecule has 1 N–H and O–H groups in total. The molecule has 2 aliphatic rings. The molecule has 1 aliphatic heterocycles. The molecule has 1 atom stereocenters. The number of alkyl halides is 2. The van der Waals surface area contributed by atoms with E-state index in [1.54, 1.807) is 17.2 Å². The number of likely N-dealkylation sites (tertiary alicyclic amines) is 1. The van der Waals surface area contributed by atoms with Crippen LogP contribution in [-0.2, 0) is 4.74 Å². The second kappa shape index (κ2) is 9.55. The summed E-state index contributed by atoms with van der Waals surface area (Å²) >= 11 is 0. The summed E-state index contributed by atoms with van der Waals surface area (Å²) in [5, 5.41) is 3.43. The summed E-state index contributed by atoms with van der Waals surface area (Å²) in [6.07, 6.45) is 3.66. The maximum absolute atomic E-state index is 12.7. The highest BCUT2D eigenvalue weighted by molar-refractivity contribution is 5.69. The molecule has 1 saturated heterocycles. The van der Waals surface area contributed by atoms with E-state index in [2.05, 4.69) is 10.3 Å².